The Balaban J connectivity index is 0.000000433. The number of aryl methyl sites for hydroxylation is 4. The maximum Gasteiger partial charge on any atom is 0.446 e. The van der Waals surface area contributed by atoms with Gasteiger partial charge in [-0.1, -0.05) is 7.43 Å². The van der Waals surface area contributed by atoms with Gasteiger partial charge >= 0.3 is 6.18 Å². The van der Waals surface area contributed by atoms with Crippen molar-refractivity contribution in [1.29, 1.82) is 0 Å². The van der Waals surface area contributed by atoms with Crippen LogP contribution in [-0.2, 0) is 48.8 Å². The molecule has 4 aromatic rings. The summed E-state index contributed by atoms with van der Waals surface area (Å²) in [6.07, 6.45) is 7.30. The molecule has 0 atom stereocenters. The number of hydrogen-bond donors (Lipinski definition) is 1. The van der Waals surface area contributed by atoms with E-state index >= 15 is 0 Å². The van der Waals surface area contributed by atoms with Crippen molar-refractivity contribution in [2.75, 3.05) is 111 Å². The first-order valence-electron chi connectivity index (χ1n) is 25.9. The van der Waals surface area contributed by atoms with Gasteiger partial charge in [0.2, 0.25) is 38.1 Å². The number of nitrogens with two attached hydrogens (primary N) is 1. The Morgan fingerprint density at radius 1 is 0.646 bits per heavy atom. The number of methoxy groups -OCH3 is 2. The van der Waals surface area contributed by atoms with Crippen LogP contribution in [0.3, 0.4) is 0 Å². The summed E-state index contributed by atoms with van der Waals surface area (Å²) in [6, 6.07) is 14.7. The number of piperidine rings is 2. The summed E-state index contributed by atoms with van der Waals surface area (Å²) in [5, 5.41) is 0. The molecule has 2 saturated heterocycles. The Morgan fingerprint density at radius 3 is 1.33 bits per heavy atom. The highest BCUT2D eigenvalue weighted by molar-refractivity contribution is 7.89. The molecule has 2 N–H and O–H groups in total. The highest BCUT2D eigenvalue weighted by atomic mass is 32.2. The maximum atomic E-state index is 13.2. The SMILES string of the molecule is C.COc1cc(C)c(S(=O)(=O)N(C)CC(=O)N(C)CC(=O)CCC2CCN(c3ccncc3)CC2)c(C)c1.COc1cc(C)c(S(=O)(=O)N(C)CC(=O)N(C)COC=O)c(C)c1.NCC1CCN(c2ccncc2)CC1.O=CC(F)(F)F. The van der Waals surface area contributed by atoms with Crippen molar-refractivity contribution in [1.82, 2.24) is 28.4 Å². The average Bonchev–Trinajstić information content (AvgIpc) is 3.63. The van der Waals surface area contributed by atoms with E-state index in [0.717, 1.165) is 71.4 Å². The molecular formula is C56H82F3N9O12S2. The Morgan fingerprint density at radius 2 is 1.00 bits per heavy atom. The zero-order valence-corrected chi connectivity index (χ0v) is 49.5. The molecule has 2 amide bonds. The highest BCUT2D eigenvalue weighted by Crippen LogP contribution is 2.30. The zero-order valence-electron chi connectivity index (χ0n) is 47.8. The number of alkyl halides is 3. The number of pyridine rings is 2. The summed E-state index contributed by atoms with van der Waals surface area (Å²) < 4.78 is 100.0. The Hall–Kier alpha value is -6.74. The van der Waals surface area contributed by atoms with E-state index in [1.54, 1.807) is 64.4 Å². The number of aldehydes is 1. The van der Waals surface area contributed by atoms with E-state index in [1.165, 1.54) is 71.5 Å². The van der Waals surface area contributed by atoms with E-state index in [-0.39, 0.29) is 55.8 Å². The predicted octanol–water partition coefficient (Wildman–Crippen LogP) is 6.21. The van der Waals surface area contributed by atoms with Crippen LogP contribution in [0.5, 0.6) is 11.5 Å². The third-order valence-corrected chi connectivity index (χ3v) is 17.8. The molecule has 0 unspecified atom stereocenters. The van der Waals surface area contributed by atoms with Crippen molar-refractivity contribution >= 4 is 61.8 Å². The molecule has 2 aromatic carbocycles. The lowest BCUT2D eigenvalue weighted by molar-refractivity contribution is -0.156. The second-order valence-electron chi connectivity index (χ2n) is 19.7. The molecule has 2 fully saturated rings. The molecule has 6 rings (SSSR count). The second kappa shape index (κ2) is 34.0. The number of hydrogen-bond acceptors (Lipinski definition) is 17. The minimum atomic E-state index is -4.64. The number of ketones is 1. The van der Waals surface area contributed by atoms with Gasteiger partial charge in [0.25, 0.3) is 6.47 Å². The summed E-state index contributed by atoms with van der Waals surface area (Å²) in [6.45, 7) is 11.0. The molecule has 0 bridgehead atoms. The predicted molar refractivity (Wildman–Crippen MR) is 307 cm³/mol. The zero-order chi connectivity index (χ0) is 60.7. The fraction of sp³-hybridized carbons (Fsp3) is 0.518. The number of halogens is 3. The number of amides is 2. The van der Waals surface area contributed by atoms with E-state index in [1.807, 2.05) is 24.5 Å². The van der Waals surface area contributed by atoms with E-state index in [9.17, 15) is 49.2 Å². The fourth-order valence-corrected chi connectivity index (χ4v) is 12.0. The summed E-state index contributed by atoms with van der Waals surface area (Å²) in [7, 11) is 0.937. The molecule has 2 aromatic heterocycles. The third-order valence-electron chi connectivity index (χ3n) is 13.6. The second-order valence-corrected chi connectivity index (χ2v) is 23.6. The van der Waals surface area contributed by atoms with E-state index in [4.69, 9.17) is 20.0 Å². The molecule has 0 radical (unpaired) electrons. The first kappa shape index (κ1) is 71.4. The van der Waals surface area contributed by atoms with Crippen molar-refractivity contribution in [2.45, 2.75) is 89.6 Å². The van der Waals surface area contributed by atoms with Gasteiger partial charge in [-0.2, -0.15) is 21.8 Å². The van der Waals surface area contributed by atoms with Crippen LogP contribution >= 0.6 is 0 Å². The number of likely N-dealkylation sites (N-methyl/N-ethyl adjacent to an activating group) is 4. The van der Waals surface area contributed by atoms with E-state index in [2.05, 4.69) is 36.6 Å². The first-order chi connectivity index (χ1) is 38.1. The van der Waals surface area contributed by atoms with Crippen LogP contribution in [0, 0.1) is 39.5 Å². The van der Waals surface area contributed by atoms with E-state index < -0.39 is 44.3 Å². The van der Waals surface area contributed by atoms with Crippen molar-refractivity contribution in [3.05, 3.63) is 95.6 Å². The van der Waals surface area contributed by atoms with E-state index in [0.29, 0.717) is 46.1 Å². The number of rotatable bonds is 21. The van der Waals surface area contributed by atoms with Crippen LogP contribution in [-0.4, -0.2) is 183 Å². The van der Waals surface area contributed by atoms with Crippen LogP contribution in [0.1, 0.15) is 68.2 Å². The number of nitrogens with zero attached hydrogens (tertiary/aromatic N) is 8. The number of anilines is 2. The quantitative estimate of drug-likeness (QED) is 0.0718. The number of carbonyl (C=O) groups excluding carboxylic acids is 5. The molecule has 0 spiro atoms. The summed E-state index contributed by atoms with van der Waals surface area (Å²) in [4.78, 5) is 71.8. The molecule has 4 heterocycles. The van der Waals surface area contributed by atoms with Crippen molar-refractivity contribution < 1.29 is 68.2 Å². The highest BCUT2D eigenvalue weighted by Gasteiger charge is 2.31. The van der Waals surface area contributed by atoms with Gasteiger partial charge in [0.05, 0.1) is 43.6 Å². The molecule has 21 nitrogen and oxygen atoms in total. The lowest BCUT2D eigenvalue weighted by atomic mass is 9.91. The largest absolute Gasteiger partial charge is 0.497 e. The van der Waals surface area contributed by atoms with Crippen LogP contribution < -0.4 is 25.0 Å². The molecule has 0 aliphatic carbocycles. The molecule has 2 aliphatic heterocycles. The van der Waals surface area contributed by atoms with Crippen molar-refractivity contribution in [3.8, 4) is 11.5 Å². The van der Waals surface area contributed by atoms with Gasteiger partial charge < -0.3 is 39.5 Å². The summed E-state index contributed by atoms with van der Waals surface area (Å²) in [5.41, 5.74) is 10.3. The van der Waals surface area contributed by atoms with Crippen LogP contribution in [0.2, 0.25) is 0 Å². The smallest absolute Gasteiger partial charge is 0.446 e. The number of ether oxygens (including phenoxy) is 3. The van der Waals surface area contributed by atoms with Gasteiger partial charge in [-0.3, -0.25) is 33.9 Å². The summed E-state index contributed by atoms with van der Waals surface area (Å²) >= 11 is 0. The van der Waals surface area contributed by atoms with Crippen molar-refractivity contribution in [2.24, 2.45) is 17.6 Å². The minimum Gasteiger partial charge on any atom is -0.497 e. The van der Waals surface area contributed by atoms with Gasteiger partial charge in [-0.25, -0.2) is 16.8 Å². The third kappa shape index (κ3) is 22.2. The topological polar surface area (TPSA) is 253 Å². The number of Topliss-reactive ketones (excluding diaryl/α,β-unsaturated/α-hetero) is 1. The lowest BCUT2D eigenvalue weighted by Crippen LogP contribution is -2.41. The monoisotopic (exact) mass is 1190 g/mol. The number of benzene rings is 2. The number of sulfonamides is 2. The first-order valence-corrected chi connectivity index (χ1v) is 28.8. The molecule has 0 saturated carbocycles. The summed E-state index contributed by atoms with van der Waals surface area (Å²) in [5.74, 6) is 1.42. The van der Waals surface area contributed by atoms with Gasteiger partial charge in [-0.05, 0) is 149 Å². The van der Waals surface area contributed by atoms with Crippen LogP contribution in [0.25, 0.3) is 0 Å². The number of aromatic nitrogens is 2. The molecule has 82 heavy (non-hydrogen) atoms. The number of carbonyl (C=O) groups is 5. The van der Waals surface area contributed by atoms with Gasteiger partial charge in [0, 0.05) is 97.0 Å². The van der Waals surface area contributed by atoms with Crippen molar-refractivity contribution in [3.63, 3.8) is 0 Å². The Labute approximate surface area is 482 Å². The molecule has 26 heteroatoms. The van der Waals surface area contributed by atoms with Gasteiger partial charge in [0.15, 0.2) is 12.5 Å². The minimum absolute atomic E-state index is 0. The van der Waals surface area contributed by atoms with Crippen LogP contribution in [0.15, 0.2) is 83.1 Å². The standard InChI is InChI=1S/C27H38N4O5S.C15H22N2O6S.C11H17N3.C2HF3O.CH4/c1-20-16-25(36-5)17-21(2)27(20)37(34,35)30(4)19-26(33)29(3)18-24(32)7-6-22-10-14-31(15-11-22)23-8-12-28-13-9-23;1-11-6-13(22-5)7-12(2)15(11)24(20,21)17(4)8-14(19)16(3)9-23-10-18;12-9-10-3-7-14(8-4-10)11-1-5-13-6-2-11;3-2(4,5)1-6;/h8-9,12-13,16-17,22H,6-7,10-11,14-15,18-19H2,1-5H3;6-7,10H,8-9H2,1-5H3;1-2,5-6,10H,3-4,7-9,12H2;1H;1H4. The van der Waals surface area contributed by atoms with Gasteiger partial charge in [0.1, 0.15) is 11.5 Å². The normalized spacial score (nSPS) is 13.9. The van der Waals surface area contributed by atoms with Gasteiger partial charge in [-0.15, -0.1) is 0 Å². The lowest BCUT2D eigenvalue weighted by Gasteiger charge is -2.33. The molecule has 2 aliphatic rings. The average molecular weight is 1190 g/mol. The fourth-order valence-electron chi connectivity index (χ4n) is 9.00. The molecule has 456 valence electrons. The maximum absolute atomic E-state index is 13.2. The van der Waals surface area contributed by atoms with Crippen LogP contribution in [0.4, 0.5) is 24.5 Å². The Kier molecular flexibility index (Phi) is 29.6. The molecular weight excluding hydrogens is 1110 g/mol. The Bertz CT molecular complexity index is 2850.